The molecule has 0 radical (unpaired) electrons. The molecule has 7 nitrogen and oxygen atoms in total. The van der Waals surface area contributed by atoms with Crippen molar-refractivity contribution in [1.82, 2.24) is 14.6 Å². The highest BCUT2D eigenvalue weighted by molar-refractivity contribution is 5.96. The molecular formula is C17H22N4O3. The summed E-state index contributed by atoms with van der Waals surface area (Å²) < 4.78 is 7.06. The number of hydrogen-bond donors (Lipinski definition) is 1. The fraction of sp³-hybridized carbons (Fsp3) is 0.471. The lowest BCUT2D eigenvalue weighted by Crippen LogP contribution is -2.41. The maximum absolute atomic E-state index is 12.9. The van der Waals surface area contributed by atoms with Gasteiger partial charge in [0, 0.05) is 36.5 Å². The number of aryl methyl sites for hydroxylation is 2. The number of aromatic nitrogens is 2. The normalized spacial score (nSPS) is 15.7. The summed E-state index contributed by atoms with van der Waals surface area (Å²) in [7, 11) is 0. The number of nitrogens with zero attached hydrogens (tertiary/aromatic N) is 3. The van der Waals surface area contributed by atoms with Gasteiger partial charge >= 0.3 is 0 Å². The first-order valence-electron chi connectivity index (χ1n) is 8.09. The number of piperidine rings is 1. The number of likely N-dealkylation sites (tertiary alicyclic amines) is 1. The zero-order valence-corrected chi connectivity index (χ0v) is 14.2. The largest absolute Gasteiger partial charge is 0.369 e. The van der Waals surface area contributed by atoms with Crippen LogP contribution in [-0.2, 0) is 4.79 Å². The Labute approximate surface area is 140 Å². The van der Waals surface area contributed by atoms with Crippen LogP contribution in [-0.4, -0.2) is 39.5 Å². The fourth-order valence-corrected chi connectivity index (χ4v) is 3.33. The van der Waals surface area contributed by atoms with Crippen LogP contribution < -0.4 is 5.73 Å². The van der Waals surface area contributed by atoms with Crippen LogP contribution in [0.15, 0.2) is 16.7 Å². The maximum atomic E-state index is 12.9. The van der Waals surface area contributed by atoms with Crippen molar-refractivity contribution in [2.45, 2.75) is 33.6 Å². The molecule has 0 saturated carbocycles. The van der Waals surface area contributed by atoms with Crippen LogP contribution in [0.3, 0.4) is 0 Å². The van der Waals surface area contributed by atoms with Crippen LogP contribution in [0.1, 0.15) is 40.3 Å². The second kappa shape index (κ2) is 6.14. The summed E-state index contributed by atoms with van der Waals surface area (Å²) in [5, 5.41) is 4.03. The van der Waals surface area contributed by atoms with Gasteiger partial charge in [-0.2, -0.15) is 0 Å². The van der Waals surface area contributed by atoms with Gasteiger partial charge in [0.05, 0.1) is 5.56 Å². The van der Waals surface area contributed by atoms with E-state index in [-0.39, 0.29) is 17.7 Å². The van der Waals surface area contributed by atoms with Crippen molar-refractivity contribution < 1.29 is 14.1 Å². The Bertz CT molecular complexity index is 782. The Hall–Kier alpha value is -2.57. The van der Waals surface area contributed by atoms with Gasteiger partial charge in [-0.25, -0.2) is 0 Å². The molecule has 0 bridgehead atoms. The van der Waals surface area contributed by atoms with Crippen LogP contribution in [0.25, 0.3) is 5.82 Å². The van der Waals surface area contributed by atoms with Gasteiger partial charge in [-0.05, 0) is 39.7 Å². The average Bonchev–Trinajstić information content (AvgIpc) is 3.09. The minimum atomic E-state index is -0.276. The van der Waals surface area contributed by atoms with Gasteiger partial charge in [-0.15, -0.1) is 0 Å². The third kappa shape index (κ3) is 2.81. The third-order valence-electron chi connectivity index (χ3n) is 4.69. The zero-order valence-electron chi connectivity index (χ0n) is 14.2. The van der Waals surface area contributed by atoms with Gasteiger partial charge in [0.25, 0.3) is 5.91 Å². The maximum Gasteiger partial charge on any atom is 0.255 e. The van der Waals surface area contributed by atoms with Gasteiger partial charge in [0.1, 0.15) is 5.76 Å². The quantitative estimate of drug-likeness (QED) is 0.927. The molecule has 2 amide bonds. The van der Waals surface area contributed by atoms with E-state index in [0.29, 0.717) is 37.3 Å². The number of nitrogens with two attached hydrogens (primary N) is 1. The average molecular weight is 330 g/mol. The molecule has 2 aromatic rings. The SMILES string of the molecule is Cc1cc(-n2c(C)cc(C(=O)N3CCC(C(N)=O)CC3)c2C)no1. The van der Waals surface area contributed by atoms with Crippen molar-refractivity contribution in [2.75, 3.05) is 13.1 Å². The van der Waals surface area contributed by atoms with E-state index in [1.165, 1.54) is 0 Å². The molecule has 2 aromatic heterocycles. The van der Waals surface area contributed by atoms with E-state index in [2.05, 4.69) is 5.16 Å². The highest BCUT2D eigenvalue weighted by Crippen LogP contribution is 2.24. The highest BCUT2D eigenvalue weighted by atomic mass is 16.5. The summed E-state index contributed by atoms with van der Waals surface area (Å²) in [4.78, 5) is 25.9. The third-order valence-corrected chi connectivity index (χ3v) is 4.69. The number of primary amides is 1. The van der Waals surface area contributed by atoms with Crippen molar-refractivity contribution in [2.24, 2.45) is 11.7 Å². The van der Waals surface area contributed by atoms with Crippen LogP contribution in [0.2, 0.25) is 0 Å². The molecule has 3 rings (SSSR count). The Balaban J connectivity index is 1.83. The molecule has 1 saturated heterocycles. The molecule has 2 N–H and O–H groups in total. The number of rotatable bonds is 3. The molecule has 3 heterocycles. The molecule has 1 aliphatic heterocycles. The van der Waals surface area contributed by atoms with Crippen molar-refractivity contribution in [3.63, 3.8) is 0 Å². The number of hydrogen-bond acceptors (Lipinski definition) is 4. The summed E-state index contributed by atoms with van der Waals surface area (Å²) >= 11 is 0. The Kier molecular flexibility index (Phi) is 4.17. The number of amides is 2. The molecule has 128 valence electrons. The minimum Gasteiger partial charge on any atom is -0.369 e. The van der Waals surface area contributed by atoms with E-state index < -0.39 is 0 Å². The first-order chi connectivity index (χ1) is 11.4. The lowest BCUT2D eigenvalue weighted by molar-refractivity contribution is -0.123. The van der Waals surface area contributed by atoms with Gasteiger partial charge in [0.2, 0.25) is 5.91 Å². The summed E-state index contributed by atoms with van der Waals surface area (Å²) in [5.41, 5.74) is 7.77. The summed E-state index contributed by atoms with van der Waals surface area (Å²) in [6.07, 6.45) is 1.25. The smallest absolute Gasteiger partial charge is 0.255 e. The number of carbonyl (C=O) groups excluding carboxylic acids is 2. The van der Waals surface area contributed by atoms with E-state index in [4.69, 9.17) is 10.3 Å². The van der Waals surface area contributed by atoms with Gasteiger partial charge < -0.3 is 15.2 Å². The Morgan fingerprint density at radius 1 is 1.21 bits per heavy atom. The Morgan fingerprint density at radius 3 is 2.42 bits per heavy atom. The molecule has 0 atom stereocenters. The second-order valence-electron chi connectivity index (χ2n) is 6.38. The van der Waals surface area contributed by atoms with Crippen molar-refractivity contribution in [3.8, 4) is 5.82 Å². The monoisotopic (exact) mass is 330 g/mol. The Morgan fingerprint density at radius 2 is 1.88 bits per heavy atom. The first kappa shape index (κ1) is 16.3. The van der Waals surface area contributed by atoms with Crippen molar-refractivity contribution in [1.29, 1.82) is 0 Å². The van der Waals surface area contributed by atoms with Gasteiger partial charge in [0.15, 0.2) is 5.82 Å². The molecule has 7 heteroatoms. The molecule has 0 unspecified atom stereocenters. The summed E-state index contributed by atoms with van der Waals surface area (Å²) in [6, 6.07) is 3.72. The van der Waals surface area contributed by atoms with Gasteiger partial charge in [-0.1, -0.05) is 5.16 Å². The standard InChI is InChI=1S/C17H22N4O3/c1-10-8-14(12(3)21(10)15-9-11(2)24-19-15)17(23)20-6-4-13(5-7-20)16(18)22/h8-9,13H,4-7H2,1-3H3,(H2,18,22). The van der Waals surface area contributed by atoms with E-state index in [0.717, 1.165) is 17.1 Å². The van der Waals surface area contributed by atoms with Crippen LogP contribution in [0, 0.1) is 26.7 Å². The van der Waals surface area contributed by atoms with Crippen molar-refractivity contribution >= 4 is 11.8 Å². The molecule has 1 aliphatic rings. The van der Waals surface area contributed by atoms with E-state index in [9.17, 15) is 9.59 Å². The predicted octanol–water partition coefficient (Wildman–Crippen LogP) is 1.73. The predicted molar refractivity (Wildman–Crippen MR) is 87.9 cm³/mol. The molecule has 1 fully saturated rings. The first-order valence-corrected chi connectivity index (χ1v) is 8.09. The molecular weight excluding hydrogens is 308 g/mol. The summed E-state index contributed by atoms with van der Waals surface area (Å²) in [5.74, 6) is 0.978. The lowest BCUT2D eigenvalue weighted by Gasteiger charge is -2.30. The molecule has 24 heavy (non-hydrogen) atoms. The highest BCUT2D eigenvalue weighted by Gasteiger charge is 2.28. The molecule has 0 spiro atoms. The summed E-state index contributed by atoms with van der Waals surface area (Å²) in [6.45, 7) is 6.78. The van der Waals surface area contributed by atoms with Gasteiger partial charge in [-0.3, -0.25) is 14.2 Å². The van der Waals surface area contributed by atoms with Crippen LogP contribution in [0.4, 0.5) is 0 Å². The van der Waals surface area contributed by atoms with Crippen LogP contribution in [0.5, 0.6) is 0 Å². The lowest BCUT2D eigenvalue weighted by atomic mass is 9.96. The van der Waals surface area contributed by atoms with Crippen LogP contribution >= 0.6 is 0 Å². The van der Waals surface area contributed by atoms with E-state index in [1.807, 2.05) is 37.5 Å². The second-order valence-corrected chi connectivity index (χ2v) is 6.38. The van der Waals surface area contributed by atoms with E-state index in [1.54, 1.807) is 4.90 Å². The topological polar surface area (TPSA) is 94.4 Å². The van der Waals surface area contributed by atoms with E-state index >= 15 is 0 Å². The zero-order chi connectivity index (χ0) is 17.4. The molecule has 0 aromatic carbocycles. The minimum absolute atomic E-state index is 0.0162. The molecule has 0 aliphatic carbocycles. The number of carbonyl (C=O) groups is 2. The fourth-order valence-electron chi connectivity index (χ4n) is 3.33. The van der Waals surface area contributed by atoms with Crippen molar-refractivity contribution in [3.05, 3.63) is 34.8 Å².